The number of hydrogen-bond donors (Lipinski definition) is 0. The van der Waals surface area contributed by atoms with Gasteiger partial charge in [-0.1, -0.05) is 109 Å². The van der Waals surface area contributed by atoms with Crippen molar-refractivity contribution in [3.8, 4) is 0 Å². The van der Waals surface area contributed by atoms with Crippen LogP contribution in [0.2, 0.25) is 0 Å². The van der Waals surface area contributed by atoms with Crippen LogP contribution in [0.1, 0.15) is 109 Å². The first kappa shape index (κ1) is 40.1. The summed E-state index contributed by atoms with van der Waals surface area (Å²) in [6, 6.07) is 0. The average Bonchev–Trinajstić information content (AvgIpc) is 2.32. The molecule has 0 radical (unpaired) electrons. The minimum Gasteiger partial charge on any atom is -0.852 e. The predicted molar refractivity (Wildman–Crippen MR) is 116 cm³/mol. The van der Waals surface area contributed by atoms with Gasteiger partial charge in [-0.15, -0.1) is 24.4 Å². The normalized spacial score (nSPS) is 14.5. The van der Waals surface area contributed by atoms with Gasteiger partial charge in [-0.2, -0.15) is 0 Å². The summed E-state index contributed by atoms with van der Waals surface area (Å²) >= 11 is 0. The van der Waals surface area contributed by atoms with Crippen LogP contribution in [0.25, 0.3) is 0 Å². The third-order valence-electron chi connectivity index (χ3n) is 3.21. The van der Waals surface area contributed by atoms with E-state index >= 15 is 0 Å². The maximum absolute atomic E-state index is 10.3. The van der Waals surface area contributed by atoms with Gasteiger partial charge >= 0.3 is 26.2 Å². The second kappa shape index (κ2) is 26.8. The van der Waals surface area contributed by atoms with Crippen LogP contribution in [0, 0.1) is 23.7 Å². The molecular formula is C24H52O4Zr. The number of hydrogen-bond acceptors (Lipinski definition) is 4. The van der Waals surface area contributed by atoms with Gasteiger partial charge in [0.05, 0.1) is 0 Å². The molecule has 0 aliphatic rings. The largest absolute Gasteiger partial charge is 4.00 e. The number of rotatable bonds is 8. The van der Waals surface area contributed by atoms with E-state index in [-0.39, 0.29) is 50.6 Å². The van der Waals surface area contributed by atoms with Crippen molar-refractivity contribution in [2.45, 2.75) is 133 Å². The Bertz CT molecular complexity index is 196. The SMILES string of the molecule is CC(C)CC(C)[O-].CC(C)CC(C)[O-].CC(C)CC(C)[O-].CC(C)CC(C)[O-].[Zr+4]. The molecule has 0 fully saturated rings. The van der Waals surface area contributed by atoms with Crippen LogP contribution in [0.5, 0.6) is 0 Å². The molecule has 0 saturated heterocycles. The van der Waals surface area contributed by atoms with Crippen LogP contribution < -0.4 is 20.4 Å². The van der Waals surface area contributed by atoms with Crippen molar-refractivity contribution in [1.82, 2.24) is 0 Å². The molecule has 0 aromatic rings. The Morgan fingerprint density at radius 3 is 0.448 bits per heavy atom. The van der Waals surface area contributed by atoms with Crippen molar-refractivity contribution in [3.63, 3.8) is 0 Å². The maximum atomic E-state index is 10.3. The Balaban J connectivity index is -0.0000000873. The van der Waals surface area contributed by atoms with E-state index in [2.05, 4.69) is 55.4 Å². The molecule has 0 spiro atoms. The molecule has 4 unspecified atom stereocenters. The van der Waals surface area contributed by atoms with Crippen LogP contribution >= 0.6 is 0 Å². The second-order valence-corrected chi connectivity index (χ2v) is 9.76. The molecule has 0 saturated carbocycles. The van der Waals surface area contributed by atoms with Crippen LogP contribution in [0.4, 0.5) is 0 Å². The van der Waals surface area contributed by atoms with Crippen molar-refractivity contribution in [2.75, 3.05) is 0 Å². The standard InChI is InChI=1S/4C6H13O.Zr/c4*1-5(2)4-6(3)7;/h4*5-6H,4H2,1-3H3;/q4*-1;+4. The third kappa shape index (κ3) is 73.3. The predicted octanol–water partition coefficient (Wildman–Crippen LogP) is 3.12. The fourth-order valence-corrected chi connectivity index (χ4v) is 2.66. The average molecular weight is 496 g/mol. The minimum absolute atomic E-state index is 0. The van der Waals surface area contributed by atoms with E-state index in [1.54, 1.807) is 27.7 Å². The van der Waals surface area contributed by atoms with Crippen molar-refractivity contribution in [2.24, 2.45) is 23.7 Å². The first-order valence-corrected chi connectivity index (χ1v) is 11.1. The van der Waals surface area contributed by atoms with Crippen molar-refractivity contribution < 1.29 is 46.6 Å². The molecular weight excluding hydrogens is 443 g/mol. The van der Waals surface area contributed by atoms with Gasteiger partial charge in [0.25, 0.3) is 0 Å². The molecule has 4 atom stereocenters. The summed E-state index contributed by atoms with van der Waals surface area (Å²) in [4.78, 5) is 0. The zero-order valence-electron chi connectivity index (χ0n) is 21.6. The Kier molecular flexibility index (Phi) is 37.0. The molecule has 0 bridgehead atoms. The van der Waals surface area contributed by atoms with Gasteiger partial charge in [0.1, 0.15) is 0 Å². The zero-order valence-corrected chi connectivity index (χ0v) is 24.0. The Hall–Kier alpha value is 0.723. The quantitative estimate of drug-likeness (QED) is 0.517. The van der Waals surface area contributed by atoms with E-state index in [0.29, 0.717) is 23.7 Å². The van der Waals surface area contributed by atoms with Gasteiger partial charge in [-0.25, -0.2) is 0 Å². The molecule has 176 valence electrons. The van der Waals surface area contributed by atoms with Crippen LogP contribution in [0.15, 0.2) is 0 Å². The Labute approximate surface area is 203 Å². The molecule has 5 heteroatoms. The van der Waals surface area contributed by atoms with Crippen LogP contribution in [0.3, 0.4) is 0 Å². The monoisotopic (exact) mass is 494 g/mol. The summed E-state index contributed by atoms with van der Waals surface area (Å²) in [5.41, 5.74) is 0. The van der Waals surface area contributed by atoms with E-state index in [1.807, 2.05) is 0 Å². The molecule has 0 aromatic heterocycles. The van der Waals surface area contributed by atoms with E-state index in [4.69, 9.17) is 0 Å². The molecule has 0 N–H and O–H groups in total. The molecule has 4 nitrogen and oxygen atoms in total. The second-order valence-electron chi connectivity index (χ2n) is 9.76. The summed E-state index contributed by atoms with van der Waals surface area (Å²) in [5.74, 6) is 2.25. The topological polar surface area (TPSA) is 92.2 Å². The van der Waals surface area contributed by atoms with Crippen molar-refractivity contribution >= 4 is 0 Å². The van der Waals surface area contributed by atoms with Crippen molar-refractivity contribution in [3.05, 3.63) is 0 Å². The summed E-state index contributed by atoms with van der Waals surface area (Å²) in [7, 11) is 0. The fraction of sp³-hybridized carbons (Fsp3) is 1.00. The van der Waals surface area contributed by atoms with Gasteiger partial charge in [0.15, 0.2) is 0 Å². The van der Waals surface area contributed by atoms with E-state index < -0.39 is 0 Å². The van der Waals surface area contributed by atoms with Crippen LogP contribution in [-0.2, 0) is 26.2 Å². The summed E-state index contributed by atoms with van der Waals surface area (Å²) in [5, 5.41) is 41.4. The van der Waals surface area contributed by atoms with E-state index in [9.17, 15) is 20.4 Å². The van der Waals surface area contributed by atoms with E-state index in [1.165, 1.54) is 0 Å². The molecule has 0 heterocycles. The molecule has 0 aliphatic carbocycles. The first-order valence-electron chi connectivity index (χ1n) is 11.1. The fourth-order valence-electron chi connectivity index (χ4n) is 2.66. The third-order valence-corrected chi connectivity index (χ3v) is 3.21. The van der Waals surface area contributed by atoms with Crippen LogP contribution in [-0.4, -0.2) is 24.4 Å². The van der Waals surface area contributed by atoms with Gasteiger partial charge in [0.2, 0.25) is 0 Å². The smallest absolute Gasteiger partial charge is 0.852 e. The summed E-state index contributed by atoms with van der Waals surface area (Å²) < 4.78 is 0. The molecule has 0 rings (SSSR count). The van der Waals surface area contributed by atoms with Gasteiger partial charge < -0.3 is 20.4 Å². The molecule has 0 aliphatic heterocycles. The summed E-state index contributed by atoms with van der Waals surface area (Å²) in [6.07, 6.45) is 1.72. The Morgan fingerprint density at radius 2 is 0.448 bits per heavy atom. The van der Waals surface area contributed by atoms with Gasteiger partial charge in [-0.05, 0) is 23.7 Å². The van der Waals surface area contributed by atoms with Gasteiger partial charge in [0, 0.05) is 0 Å². The molecule has 0 aromatic carbocycles. The molecule has 29 heavy (non-hydrogen) atoms. The van der Waals surface area contributed by atoms with E-state index in [0.717, 1.165) is 25.7 Å². The Morgan fingerprint density at radius 1 is 0.345 bits per heavy atom. The molecule has 0 amide bonds. The zero-order chi connectivity index (χ0) is 23.4. The van der Waals surface area contributed by atoms with Crippen molar-refractivity contribution in [1.29, 1.82) is 0 Å². The van der Waals surface area contributed by atoms with Gasteiger partial charge in [-0.3, -0.25) is 0 Å². The minimum atomic E-state index is -0.375. The summed E-state index contributed by atoms with van der Waals surface area (Å²) in [6.45, 7) is 23.3. The maximum Gasteiger partial charge on any atom is 4.00 e. The first-order chi connectivity index (χ1) is 12.5.